The van der Waals surface area contributed by atoms with E-state index in [-0.39, 0.29) is 5.57 Å². The van der Waals surface area contributed by atoms with Crippen LogP contribution in [0.15, 0.2) is 42.5 Å². The molecular formula is C19H20O5. The Hall–Kier alpha value is -2.95. The number of ether oxygens (including phenoxy) is 3. The van der Waals surface area contributed by atoms with E-state index in [9.17, 15) is 9.90 Å². The number of rotatable bonds is 7. The first-order valence-electron chi connectivity index (χ1n) is 7.50. The summed E-state index contributed by atoms with van der Waals surface area (Å²) in [4.78, 5) is 11.8. The predicted molar refractivity (Wildman–Crippen MR) is 92.7 cm³/mol. The molecule has 0 fully saturated rings. The van der Waals surface area contributed by atoms with Crippen LogP contribution >= 0.6 is 0 Å². The number of hydrogen-bond acceptors (Lipinski definition) is 4. The van der Waals surface area contributed by atoms with Gasteiger partial charge in [0.15, 0.2) is 0 Å². The molecule has 0 aliphatic rings. The third-order valence-corrected chi connectivity index (χ3v) is 3.45. The molecule has 5 heteroatoms. The fraction of sp³-hybridized carbons (Fsp3) is 0.211. The lowest BCUT2D eigenvalue weighted by Crippen LogP contribution is -2.03. The van der Waals surface area contributed by atoms with Gasteiger partial charge in [-0.2, -0.15) is 0 Å². The highest BCUT2D eigenvalue weighted by molar-refractivity contribution is 6.21. The summed E-state index contributed by atoms with van der Waals surface area (Å²) < 4.78 is 16.0. The molecule has 1 N–H and O–H groups in total. The van der Waals surface area contributed by atoms with Crippen molar-refractivity contribution in [3.05, 3.63) is 53.6 Å². The minimum atomic E-state index is -1.05. The summed E-state index contributed by atoms with van der Waals surface area (Å²) in [7, 11) is 3.03. The van der Waals surface area contributed by atoms with Gasteiger partial charge in [-0.1, -0.05) is 18.2 Å². The summed E-state index contributed by atoms with van der Waals surface area (Å²) in [6.45, 7) is 2.38. The number of aliphatic carboxylic acids is 1. The van der Waals surface area contributed by atoms with Gasteiger partial charge in [0.1, 0.15) is 17.2 Å². The maximum absolute atomic E-state index is 11.8. The van der Waals surface area contributed by atoms with Crippen LogP contribution in [0.4, 0.5) is 0 Å². The van der Waals surface area contributed by atoms with Crippen molar-refractivity contribution in [2.45, 2.75) is 6.92 Å². The number of carboxylic acid groups (broad SMARTS) is 1. The summed E-state index contributed by atoms with van der Waals surface area (Å²) in [5, 5.41) is 9.66. The molecule has 0 atom stereocenters. The first-order valence-corrected chi connectivity index (χ1v) is 7.50. The fourth-order valence-electron chi connectivity index (χ4n) is 2.32. The van der Waals surface area contributed by atoms with Crippen molar-refractivity contribution < 1.29 is 24.1 Å². The maximum atomic E-state index is 11.8. The Labute approximate surface area is 141 Å². The minimum Gasteiger partial charge on any atom is -0.497 e. The van der Waals surface area contributed by atoms with Crippen molar-refractivity contribution in [2.24, 2.45) is 0 Å². The van der Waals surface area contributed by atoms with E-state index in [4.69, 9.17) is 14.2 Å². The van der Waals surface area contributed by atoms with Gasteiger partial charge in [-0.15, -0.1) is 0 Å². The fourth-order valence-corrected chi connectivity index (χ4v) is 2.32. The summed E-state index contributed by atoms with van der Waals surface area (Å²) in [5.41, 5.74) is 1.27. The molecule has 24 heavy (non-hydrogen) atoms. The van der Waals surface area contributed by atoms with Gasteiger partial charge in [0.05, 0.1) is 26.4 Å². The molecule has 0 spiro atoms. The zero-order valence-electron chi connectivity index (χ0n) is 13.9. The highest BCUT2D eigenvalue weighted by Gasteiger charge is 2.17. The van der Waals surface area contributed by atoms with Gasteiger partial charge in [-0.05, 0) is 31.2 Å². The van der Waals surface area contributed by atoms with Gasteiger partial charge < -0.3 is 19.3 Å². The number of para-hydroxylation sites is 1. The quantitative estimate of drug-likeness (QED) is 0.620. The Morgan fingerprint density at radius 3 is 2.46 bits per heavy atom. The summed E-state index contributed by atoms with van der Waals surface area (Å²) >= 11 is 0. The van der Waals surface area contributed by atoms with Crippen LogP contribution in [0.1, 0.15) is 18.1 Å². The van der Waals surface area contributed by atoms with Crippen LogP contribution in [0.3, 0.4) is 0 Å². The van der Waals surface area contributed by atoms with Crippen molar-refractivity contribution in [3.8, 4) is 17.2 Å². The van der Waals surface area contributed by atoms with E-state index in [1.807, 2.05) is 25.1 Å². The summed E-state index contributed by atoms with van der Waals surface area (Å²) in [6, 6.07) is 12.3. The number of carboxylic acids is 1. The van der Waals surface area contributed by atoms with E-state index in [0.29, 0.717) is 35.0 Å². The minimum absolute atomic E-state index is 0.113. The maximum Gasteiger partial charge on any atom is 0.336 e. The largest absolute Gasteiger partial charge is 0.497 e. The Kier molecular flexibility index (Phi) is 5.84. The molecule has 2 rings (SSSR count). The van der Waals surface area contributed by atoms with E-state index in [1.54, 1.807) is 37.5 Å². The van der Waals surface area contributed by atoms with Crippen LogP contribution in [0, 0.1) is 0 Å². The van der Waals surface area contributed by atoms with Crippen LogP contribution in [0.5, 0.6) is 17.2 Å². The Morgan fingerprint density at radius 2 is 1.83 bits per heavy atom. The Morgan fingerprint density at radius 1 is 1.08 bits per heavy atom. The van der Waals surface area contributed by atoms with Crippen molar-refractivity contribution in [2.75, 3.05) is 20.8 Å². The molecule has 0 heterocycles. The van der Waals surface area contributed by atoms with Crippen LogP contribution in [0.25, 0.3) is 11.6 Å². The molecule has 2 aromatic carbocycles. The molecule has 126 valence electrons. The SMILES string of the molecule is CCOc1ccccc1/C=C(\C(=O)O)c1ccc(OC)cc1OC. The lowest BCUT2D eigenvalue weighted by molar-refractivity contribution is -0.130. The highest BCUT2D eigenvalue weighted by atomic mass is 16.5. The van der Waals surface area contributed by atoms with Gasteiger partial charge in [-0.3, -0.25) is 0 Å². The monoisotopic (exact) mass is 328 g/mol. The average Bonchev–Trinajstić information content (AvgIpc) is 2.60. The smallest absolute Gasteiger partial charge is 0.336 e. The van der Waals surface area contributed by atoms with E-state index < -0.39 is 5.97 Å². The van der Waals surface area contributed by atoms with Crippen molar-refractivity contribution in [1.82, 2.24) is 0 Å². The lowest BCUT2D eigenvalue weighted by Gasteiger charge is -2.12. The Balaban J connectivity index is 2.57. The second-order valence-corrected chi connectivity index (χ2v) is 4.90. The van der Waals surface area contributed by atoms with E-state index in [0.717, 1.165) is 0 Å². The van der Waals surface area contributed by atoms with E-state index >= 15 is 0 Å². The van der Waals surface area contributed by atoms with Crippen LogP contribution < -0.4 is 14.2 Å². The van der Waals surface area contributed by atoms with Gasteiger partial charge in [0, 0.05) is 17.2 Å². The van der Waals surface area contributed by atoms with Gasteiger partial charge >= 0.3 is 5.97 Å². The lowest BCUT2D eigenvalue weighted by atomic mass is 10.0. The predicted octanol–water partition coefficient (Wildman–Crippen LogP) is 3.73. The second-order valence-electron chi connectivity index (χ2n) is 4.90. The van der Waals surface area contributed by atoms with Gasteiger partial charge in [0.2, 0.25) is 0 Å². The topological polar surface area (TPSA) is 65.0 Å². The zero-order valence-corrected chi connectivity index (χ0v) is 13.9. The number of methoxy groups -OCH3 is 2. The van der Waals surface area contributed by atoms with Crippen LogP contribution in [0.2, 0.25) is 0 Å². The third-order valence-electron chi connectivity index (χ3n) is 3.45. The number of benzene rings is 2. The first kappa shape index (κ1) is 17.4. The van der Waals surface area contributed by atoms with Gasteiger partial charge in [0.25, 0.3) is 0 Å². The molecule has 0 saturated heterocycles. The van der Waals surface area contributed by atoms with E-state index in [1.165, 1.54) is 7.11 Å². The molecule has 0 saturated carbocycles. The second kappa shape index (κ2) is 8.06. The average molecular weight is 328 g/mol. The molecule has 0 aliphatic heterocycles. The molecule has 0 aliphatic carbocycles. The Bertz CT molecular complexity index is 749. The van der Waals surface area contributed by atoms with Gasteiger partial charge in [-0.25, -0.2) is 4.79 Å². The standard InChI is InChI=1S/C19H20O5/c1-4-24-17-8-6-5-7-13(17)11-16(19(20)21)15-10-9-14(22-2)12-18(15)23-3/h5-12H,4H2,1-3H3,(H,20,21)/b16-11-. The first-order chi connectivity index (χ1) is 11.6. The van der Waals surface area contributed by atoms with Crippen molar-refractivity contribution in [1.29, 1.82) is 0 Å². The van der Waals surface area contributed by atoms with Crippen molar-refractivity contribution in [3.63, 3.8) is 0 Å². The third kappa shape index (κ3) is 3.87. The van der Waals surface area contributed by atoms with Crippen LogP contribution in [-0.4, -0.2) is 31.9 Å². The molecule has 2 aromatic rings. The van der Waals surface area contributed by atoms with E-state index in [2.05, 4.69) is 0 Å². The molecule has 0 bridgehead atoms. The number of carbonyl (C=O) groups is 1. The molecule has 0 radical (unpaired) electrons. The number of hydrogen-bond donors (Lipinski definition) is 1. The van der Waals surface area contributed by atoms with Crippen molar-refractivity contribution >= 4 is 17.6 Å². The summed E-state index contributed by atoms with van der Waals surface area (Å²) in [5.74, 6) is 0.600. The molecule has 0 unspecified atom stereocenters. The molecule has 0 aromatic heterocycles. The normalized spacial score (nSPS) is 11.0. The van der Waals surface area contributed by atoms with Crippen LogP contribution in [-0.2, 0) is 4.79 Å². The molecule has 0 amide bonds. The highest BCUT2D eigenvalue weighted by Crippen LogP contribution is 2.33. The zero-order chi connectivity index (χ0) is 17.5. The summed E-state index contributed by atoms with van der Waals surface area (Å²) in [6.07, 6.45) is 1.58. The molecule has 5 nitrogen and oxygen atoms in total. The molecular weight excluding hydrogens is 308 g/mol.